The van der Waals surface area contributed by atoms with E-state index in [2.05, 4.69) is 4.90 Å². The highest BCUT2D eigenvalue weighted by molar-refractivity contribution is 6.42. The standard InChI is InChI=1S/C23H27Cl2N3O3/c1-30-22-16-18(6-8-21(22)31-14-13-26-9-3-2-4-10-26)28-12-11-27(23(28)29)17-5-7-19(24)20(25)15-17/h5-8,15-16H,2-4,9-14H2,1H3. The average Bonchev–Trinajstić information content (AvgIpc) is 3.18. The van der Waals surface area contributed by atoms with Gasteiger partial charge in [-0.15, -0.1) is 0 Å². The van der Waals surface area contributed by atoms with E-state index in [1.54, 1.807) is 35.1 Å². The predicted octanol–water partition coefficient (Wildman–Crippen LogP) is 5.31. The normalized spacial score (nSPS) is 17.3. The van der Waals surface area contributed by atoms with Gasteiger partial charge < -0.3 is 9.47 Å². The van der Waals surface area contributed by atoms with E-state index < -0.39 is 0 Å². The highest BCUT2D eigenvalue weighted by Gasteiger charge is 2.31. The van der Waals surface area contributed by atoms with Crippen LogP contribution in [0.2, 0.25) is 10.0 Å². The van der Waals surface area contributed by atoms with Gasteiger partial charge in [0.05, 0.1) is 17.2 Å². The van der Waals surface area contributed by atoms with Gasteiger partial charge in [-0.05, 0) is 56.3 Å². The Balaban J connectivity index is 1.42. The van der Waals surface area contributed by atoms with Crippen LogP contribution in [0.4, 0.5) is 16.2 Å². The summed E-state index contributed by atoms with van der Waals surface area (Å²) >= 11 is 12.1. The number of nitrogens with zero attached hydrogens (tertiary/aromatic N) is 3. The van der Waals surface area contributed by atoms with Gasteiger partial charge >= 0.3 is 6.03 Å². The van der Waals surface area contributed by atoms with Gasteiger partial charge in [-0.3, -0.25) is 14.7 Å². The molecular weight excluding hydrogens is 437 g/mol. The quantitative estimate of drug-likeness (QED) is 0.557. The van der Waals surface area contributed by atoms with Crippen molar-refractivity contribution in [2.24, 2.45) is 0 Å². The highest BCUT2D eigenvalue weighted by atomic mass is 35.5. The molecule has 2 aliphatic rings. The third-order valence-electron chi connectivity index (χ3n) is 5.80. The van der Waals surface area contributed by atoms with Crippen LogP contribution in [0.15, 0.2) is 36.4 Å². The van der Waals surface area contributed by atoms with Gasteiger partial charge in [0.25, 0.3) is 0 Å². The molecule has 0 unspecified atom stereocenters. The third-order valence-corrected chi connectivity index (χ3v) is 6.54. The lowest BCUT2D eigenvalue weighted by Crippen LogP contribution is -2.33. The van der Waals surface area contributed by atoms with Gasteiger partial charge in [0, 0.05) is 37.1 Å². The van der Waals surface area contributed by atoms with Crippen molar-refractivity contribution in [1.82, 2.24) is 4.90 Å². The number of anilines is 2. The number of methoxy groups -OCH3 is 1. The predicted molar refractivity (Wildman–Crippen MR) is 125 cm³/mol. The monoisotopic (exact) mass is 463 g/mol. The maximum absolute atomic E-state index is 13.0. The number of benzene rings is 2. The minimum absolute atomic E-state index is 0.112. The first-order chi connectivity index (χ1) is 15.1. The second kappa shape index (κ2) is 9.98. The fraction of sp³-hybridized carbons (Fsp3) is 0.435. The van der Waals surface area contributed by atoms with E-state index in [-0.39, 0.29) is 6.03 Å². The summed E-state index contributed by atoms with van der Waals surface area (Å²) in [6.07, 6.45) is 3.85. The smallest absolute Gasteiger partial charge is 0.329 e. The molecule has 2 aliphatic heterocycles. The van der Waals surface area contributed by atoms with Crippen molar-refractivity contribution in [3.05, 3.63) is 46.4 Å². The Kier molecular flexibility index (Phi) is 7.10. The Morgan fingerprint density at radius 1 is 0.839 bits per heavy atom. The first-order valence-electron chi connectivity index (χ1n) is 10.6. The molecule has 6 nitrogen and oxygen atoms in total. The zero-order valence-corrected chi connectivity index (χ0v) is 19.2. The number of carbonyl (C=O) groups is 1. The van der Waals surface area contributed by atoms with Crippen LogP contribution in [-0.2, 0) is 0 Å². The number of urea groups is 1. The summed E-state index contributed by atoms with van der Waals surface area (Å²) in [7, 11) is 1.62. The molecule has 0 saturated carbocycles. The lowest BCUT2D eigenvalue weighted by Gasteiger charge is -2.26. The van der Waals surface area contributed by atoms with Crippen molar-refractivity contribution in [1.29, 1.82) is 0 Å². The first-order valence-corrected chi connectivity index (χ1v) is 11.4. The number of carbonyl (C=O) groups excluding carboxylic acids is 1. The second-order valence-electron chi connectivity index (χ2n) is 7.77. The van der Waals surface area contributed by atoms with Gasteiger partial charge in [-0.1, -0.05) is 29.6 Å². The van der Waals surface area contributed by atoms with Crippen LogP contribution >= 0.6 is 23.2 Å². The summed E-state index contributed by atoms with van der Waals surface area (Å²) in [5.74, 6) is 1.31. The molecule has 0 radical (unpaired) electrons. The van der Waals surface area contributed by atoms with E-state index >= 15 is 0 Å². The molecule has 166 valence electrons. The molecule has 8 heteroatoms. The number of rotatable bonds is 7. The molecule has 4 rings (SSSR count). The molecule has 0 aliphatic carbocycles. The molecule has 2 aromatic rings. The Morgan fingerprint density at radius 2 is 1.52 bits per heavy atom. The molecule has 0 bridgehead atoms. The fourth-order valence-electron chi connectivity index (χ4n) is 4.08. The molecule has 2 fully saturated rings. The number of piperidine rings is 1. The Labute approximate surface area is 193 Å². The molecule has 2 saturated heterocycles. The van der Waals surface area contributed by atoms with Crippen LogP contribution in [0.1, 0.15) is 19.3 Å². The molecular formula is C23H27Cl2N3O3. The van der Waals surface area contributed by atoms with E-state index in [1.165, 1.54) is 19.3 Å². The van der Waals surface area contributed by atoms with Crippen molar-refractivity contribution < 1.29 is 14.3 Å². The lowest BCUT2D eigenvalue weighted by molar-refractivity contribution is 0.180. The van der Waals surface area contributed by atoms with Crippen molar-refractivity contribution in [3.8, 4) is 11.5 Å². The van der Waals surface area contributed by atoms with Crippen molar-refractivity contribution in [2.45, 2.75) is 19.3 Å². The molecule has 0 N–H and O–H groups in total. The zero-order chi connectivity index (χ0) is 21.8. The Morgan fingerprint density at radius 3 is 2.19 bits per heavy atom. The SMILES string of the molecule is COc1cc(N2CCN(c3ccc(Cl)c(Cl)c3)C2=O)ccc1OCCN1CCCCC1. The molecule has 2 heterocycles. The molecule has 0 spiro atoms. The van der Waals surface area contributed by atoms with Crippen LogP contribution in [0.5, 0.6) is 11.5 Å². The van der Waals surface area contributed by atoms with Crippen LogP contribution in [-0.4, -0.2) is 57.4 Å². The number of halogens is 2. The van der Waals surface area contributed by atoms with Gasteiger partial charge in [-0.2, -0.15) is 0 Å². The van der Waals surface area contributed by atoms with Crippen molar-refractivity contribution >= 4 is 40.6 Å². The molecule has 0 atom stereocenters. The van der Waals surface area contributed by atoms with Crippen LogP contribution in [0.25, 0.3) is 0 Å². The number of hydrogen-bond acceptors (Lipinski definition) is 4. The lowest BCUT2D eigenvalue weighted by atomic mass is 10.1. The van der Waals surface area contributed by atoms with Crippen molar-refractivity contribution in [3.63, 3.8) is 0 Å². The average molecular weight is 464 g/mol. The van der Waals surface area contributed by atoms with Gasteiger partial charge in [-0.25, -0.2) is 4.79 Å². The van der Waals surface area contributed by atoms with Crippen LogP contribution < -0.4 is 19.3 Å². The first kappa shape index (κ1) is 22.1. The number of amides is 2. The minimum atomic E-state index is -0.112. The van der Waals surface area contributed by atoms with E-state index in [9.17, 15) is 4.79 Å². The maximum Gasteiger partial charge on any atom is 0.329 e. The van der Waals surface area contributed by atoms with Gasteiger partial charge in [0.1, 0.15) is 6.61 Å². The summed E-state index contributed by atoms with van der Waals surface area (Å²) in [6.45, 7) is 4.94. The maximum atomic E-state index is 13.0. The van der Waals surface area contributed by atoms with E-state index in [1.807, 2.05) is 18.2 Å². The topological polar surface area (TPSA) is 45.3 Å². The summed E-state index contributed by atoms with van der Waals surface area (Å²) in [6, 6.07) is 10.7. The summed E-state index contributed by atoms with van der Waals surface area (Å²) in [5.41, 5.74) is 1.50. The summed E-state index contributed by atoms with van der Waals surface area (Å²) in [5, 5.41) is 0.896. The molecule has 2 aromatic carbocycles. The Hall–Kier alpha value is -2.15. The van der Waals surface area contributed by atoms with Gasteiger partial charge in [0.2, 0.25) is 0 Å². The molecule has 2 amide bonds. The summed E-state index contributed by atoms with van der Waals surface area (Å²) in [4.78, 5) is 18.9. The van der Waals surface area contributed by atoms with Crippen LogP contribution in [0.3, 0.4) is 0 Å². The Bertz CT molecular complexity index is 934. The van der Waals surface area contributed by atoms with E-state index in [4.69, 9.17) is 32.7 Å². The van der Waals surface area contributed by atoms with Crippen LogP contribution in [0, 0.1) is 0 Å². The number of likely N-dealkylation sites (tertiary alicyclic amines) is 1. The fourth-order valence-corrected chi connectivity index (χ4v) is 4.37. The summed E-state index contributed by atoms with van der Waals surface area (Å²) < 4.78 is 11.5. The number of ether oxygens (including phenoxy) is 2. The second-order valence-corrected chi connectivity index (χ2v) is 8.58. The third kappa shape index (κ3) is 5.03. The van der Waals surface area contributed by atoms with E-state index in [0.29, 0.717) is 41.2 Å². The van der Waals surface area contributed by atoms with Crippen molar-refractivity contribution in [2.75, 3.05) is 56.2 Å². The largest absolute Gasteiger partial charge is 0.493 e. The van der Waals surface area contributed by atoms with Gasteiger partial charge in [0.15, 0.2) is 11.5 Å². The van der Waals surface area contributed by atoms with E-state index in [0.717, 1.165) is 31.0 Å². The minimum Gasteiger partial charge on any atom is -0.493 e. The highest BCUT2D eigenvalue weighted by Crippen LogP contribution is 2.35. The molecule has 31 heavy (non-hydrogen) atoms. The zero-order valence-electron chi connectivity index (χ0n) is 17.7. The molecule has 0 aromatic heterocycles. The number of hydrogen-bond donors (Lipinski definition) is 0.